The van der Waals surface area contributed by atoms with E-state index in [1.54, 1.807) is 11.8 Å². The minimum absolute atomic E-state index is 0.519. The van der Waals surface area contributed by atoms with Gasteiger partial charge in [-0.3, -0.25) is 0 Å². The van der Waals surface area contributed by atoms with Crippen LogP contribution in [0.4, 0.5) is 11.4 Å². The molecule has 5 nitrogen and oxygen atoms in total. The highest BCUT2D eigenvalue weighted by Crippen LogP contribution is 2.31. The van der Waals surface area contributed by atoms with Crippen molar-refractivity contribution in [3.63, 3.8) is 0 Å². The number of hydrogen-bond acceptors (Lipinski definition) is 4. The van der Waals surface area contributed by atoms with Crippen LogP contribution in [0.15, 0.2) is 23.2 Å². The number of guanidine groups is 1. The van der Waals surface area contributed by atoms with Gasteiger partial charge >= 0.3 is 0 Å². The van der Waals surface area contributed by atoms with E-state index in [9.17, 15) is 0 Å². The first kappa shape index (κ1) is 16.0. The fourth-order valence-corrected chi connectivity index (χ4v) is 2.72. The van der Waals surface area contributed by atoms with E-state index < -0.39 is 0 Å². The number of aliphatic imine (C=N–C) groups is 1. The van der Waals surface area contributed by atoms with E-state index in [-0.39, 0.29) is 0 Å². The van der Waals surface area contributed by atoms with Crippen LogP contribution in [-0.4, -0.2) is 57.5 Å². The van der Waals surface area contributed by atoms with Gasteiger partial charge in [-0.25, -0.2) is 4.99 Å². The molecule has 0 atom stereocenters. The normalized spacial score (nSPS) is 16.1. The van der Waals surface area contributed by atoms with E-state index in [4.69, 9.17) is 10.5 Å². The number of ether oxygens (including phenoxy) is 1. The quantitative estimate of drug-likeness (QED) is 0.680. The Morgan fingerprint density at radius 1 is 1.38 bits per heavy atom. The number of morpholine rings is 1. The molecule has 0 spiro atoms. The van der Waals surface area contributed by atoms with Crippen LogP contribution in [0.25, 0.3) is 0 Å². The molecule has 1 aromatic rings. The average molecular weight is 308 g/mol. The first-order chi connectivity index (χ1) is 10.1. The molecular formula is C15H24N4OS. The number of nitrogens with two attached hydrogens (primary N) is 1. The third kappa shape index (κ3) is 4.28. The Hall–Kier alpha value is -1.40. The zero-order chi connectivity index (χ0) is 15.2. The topological polar surface area (TPSA) is 54.1 Å². The van der Waals surface area contributed by atoms with Crippen molar-refractivity contribution in [1.82, 2.24) is 4.90 Å². The maximum absolute atomic E-state index is 6.00. The first-order valence-electron chi connectivity index (χ1n) is 7.08. The molecule has 0 aliphatic carbocycles. The van der Waals surface area contributed by atoms with Gasteiger partial charge in [0.05, 0.1) is 24.6 Å². The van der Waals surface area contributed by atoms with Crippen molar-refractivity contribution in [3.8, 4) is 0 Å². The summed E-state index contributed by atoms with van der Waals surface area (Å²) in [6, 6.07) is 6.46. The third-order valence-electron chi connectivity index (χ3n) is 3.40. The number of hydrogen-bond donors (Lipinski definition) is 1. The van der Waals surface area contributed by atoms with E-state index in [1.165, 1.54) is 5.56 Å². The molecule has 1 aromatic carbocycles. The van der Waals surface area contributed by atoms with Gasteiger partial charge in [-0.1, -0.05) is 6.07 Å². The van der Waals surface area contributed by atoms with Gasteiger partial charge in [0, 0.05) is 32.9 Å². The van der Waals surface area contributed by atoms with Crippen LogP contribution in [0.2, 0.25) is 0 Å². The van der Waals surface area contributed by atoms with Crippen molar-refractivity contribution in [2.24, 2.45) is 10.7 Å². The van der Waals surface area contributed by atoms with Gasteiger partial charge in [-0.05, 0) is 24.0 Å². The van der Waals surface area contributed by atoms with Gasteiger partial charge in [0.15, 0.2) is 5.96 Å². The molecule has 0 radical (unpaired) electrons. The van der Waals surface area contributed by atoms with E-state index >= 15 is 0 Å². The van der Waals surface area contributed by atoms with Crippen LogP contribution in [0.3, 0.4) is 0 Å². The van der Waals surface area contributed by atoms with E-state index in [0.717, 1.165) is 43.4 Å². The van der Waals surface area contributed by atoms with E-state index in [0.29, 0.717) is 5.96 Å². The second kappa shape index (κ2) is 7.56. The predicted molar refractivity (Wildman–Crippen MR) is 91.7 cm³/mol. The molecule has 1 fully saturated rings. The maximum atomic E-state index is 6.00. The highest BCUT2D eigenvalue weighted by molar-refractivity contribution is 7.97. The molecule has 1 aliphatic rings. The SMILES string of the molecule is CSCc1ccc(N2CCOCC2)c(N=C(N)N(C)C)c1. The third-order valence-corrected chi connectivity index (χ3v) is 4.02. The van der Waals surface area contributed by atoms with Gasteiger partial charge in [-0.15, -0.1) is 0 Å². The Balaban J connectivity index is 2.35. The van der Waals surface area contributed by atoms with Gasteiger partial charge in [0.1, 0.15) is 0 Å². The second-order valence-electron chi connectivity index (χ2n) is 5.22. The minimum Gasteiger partial charge on any atom is -0.378 e. The van der Waals surface area contributed by atoms with Gasteiger partial charge in [-0.2, -0.15) is 11.8 Å². The van der Waals surface area contributed by atoms with Crippen LogP contribution in [0, 0.1) is 0 Å². The summed E-state index contributed by atoms with van der Waals surface area (Å²) < 4.78 is 5.43. The molecule has 1 heterocycles. The van der Waals surface area contributed by atoms with Gasteiger partial charge in [0.2, 0.25) is 0 Å². The highest BCUT2D eigenvalue weighted by Gasteiger charge is 2.15. The summed E-state index contributed by atoms with van der Waals surface area (Å²) in [5.74, 6) is 1.50. The van der Waals surface area contributed by atoms with Crippen LogP contribution < -0.4 is 10.6 Å². The molecule has 0 aromatic heterocycles. The van der Waals surface area contributed by atoms with Gasteiger partial charge in [0.25, 0.3) is 0 Å². The summed E-state index contributed by atoms with van der Waals surface area (Å²) >= 11 is 1.81. The molecule has 2 N–H and O–H groups in total. The van der Waals surface area contributed by atoms with Crippen LogP contribution in [0.1, 0.15) is 5.56 Å². The molecule has 0 unspecified atom stereocenters. The van der Waals surface area contributed by atoms with Crippen LogP contribution in [-0.2, 0) is 10.5 Å². The van der Waals surface area contributed by atoms with Crippen LogP contribution >= 0.6 is 11.8 Å². The fourth-order valence-electron chi connectivity index (χ4n) is 2.21. The molecular weight excluding hydrogens is 284 g/mol. The first-order valence-corrected chi connectivity index (χ1v) is 8.47. The number of benzene rings is 1. The summed E-state index contributed by atoms with van der Waals surface area (Å²) in [7, 11) is 3.80. The minimum atomic E-state index is 0.519. The molecule has 0 bridgehead atoms. The lowest BCUT2D eigenvalue weighted by molar-refractivity contribution is 0.123. The van der Waals surface area contributed by atoms with Crippen molar-refractivity contribution in [3.05, 3.63) is 23.8 Å². The lowest BCUT2D eigenvalue weighted by Gasteiger charge is -2.30. The molecule has 0 saturated carbocycles. The molecule has 116 valence electrons. The van der Waals surface area contributed by atoms with Crippen molar-refractivity contribution in [1.29, 1.82) is 0 Å². The van der Waals surface area contributed by atoms with Gasteiger partial charge < -0.3 is 20.3 Å². The highest BCUT2D eigenvalue weighted by atomic mass is 32.2. The standard InChI is InChI=1S/C15H24N4OS/c1-18(2)15(16)17-13-10-12(11-21-3)4-5-14(13)19-6-8-20-9-7-19/h4-5,10H,6-9,11H2,1-3H3,(H2,16,17). The maximum Gasteiger partial charge on any atom is 0.196 e. The number of anilines is 1. The molecule has 2 rings (SSSR count). The lowest BCUT2D eigenvalue weighted by atomic mass is 10.1. The number of rotatable bonds is 4. The monoisotopic (exact) mass is 308 g/mol. The fraction of sp³-hybridized carbons (Fsp3) is 0.533. The smallest absolute Gasteiger partial charge is 0.196 e. The van der Waals surface area contributed by atoms with Crippen molar-refractivity contribution in [2.45, 2.75) is 5.75 Å². The summed E-state index contributed by atoms with van der Waals surface area (Å²) in [6.45, 7) is 3.32. The van der Waals surface area contributed by atoms with E-state index in [1.807, 2.05) is 19.0 Å². The molecule has 0 amide bonds. The number of nitrogens with zero attached hydrogens (tertiary/aromatic N) is 3. The van der Waals surface area contributed by atoms with Crippen molar-refractivity contribution in [2.75, 3.05) is 51.6 Å². The summed E-state index contributed by atoms with van der Waals surface area (Å²) in [4.78, 5) is 8.74. The summed E-state index contributed by atoms with van der Waals surface area (Å²) in [6.07, 6.45) is 2.10. The molecule has 21 heavy (non-hydrogen) atoms. The number of thioether (sulfide) groups is 1. The largest absolute Gasteiger partial charge is 0.378 e. The second-order valence-corrected chi connectivity index (χ2v) is 6.09. The lowest BCUT2D eigenvalue weighted by Crippen LogP contribution is -2.36. The summed E-state index contributed by atoms with van der Waals surface area (Å²) in [5.41, 5.74) is 9.34. The zero-order valence-corrected chi connectivity index (χ0v) is 13.8. The van der Waals surface area contributed by atoms with Crippen molar-refractivity contribution < 1.29 is 4.74 Å². The Morgan fingerprint density at radius 2 is 2.10 bits per heavy atom. The zero-order valence-electron chi connectivity index (χ0n) is 13.0. The summed E-state index contributed by atoms with van der Waals surface area (Å²) in [5, 5.41) is 0. The Labute approximate surface area is 131 Å². The van der Waals surface area contributed by atoms with E-state index in [2.05, 4.69) is 34.3 Å². The molecule has 1 saturated heterocycles. The Bertz CT molecular complexity index is 498. The molecule has 1 aliphatic heterocycles. The average Bonchev–Trinajstić information content (AvgIpc) is 2.48. The van der Waals surface area contributed by atoms with Crippen LogP contribution in [0.5, 0.6) is 0 Å². The Morgan fingerprint density at radius 3 is 2.71 bits per heavy atom. The predicted octanol–water partition coefficient (Wildman–Crippen LogP) is 1.89. The molecule has 6 heteroatoms. The Kier molecular flexibility index (Phi) is 5.76. The van der Waals surface area contributed by atoms with Crippen molar-refractivity contribution >= 4 is 29.1 Å².